The van der Waals surface area contributed by atoms with Crippen LogP contribution in [0.25, 0.3) is 10.8 Å². The summed E-state index contributed by atoms with van der Waals surface area (Å²) in [4.78, 5) is 32.8. The molecule has 4 heterocycles. The topological polar surface area (TPSA) is 107 Å². The molecule has 0 aliphatic carbocycles. The summed E-state index contributed by atoms with van der Waals surface area (Å²) in [5.41, 5.74) is 1.54. The molecule has 29 heavy (non-hydrogen) atoms. The predicted octanol–water partition coefficient (Wildman–Crippen LogP) is 2.28. The van der Waals surface area contributed by atoms with Crippen LogP contribution in [0.5, 0.6) is 0 Å². The summed E-state index contributed by atoms with van der Waals surface area (Å²) in [6.45, 7) is 0.513. The van der Waals surface area contributed by atoms with Crippen LogP contribution >= 0.6 is 11.3 Å². The van der Waals surface area contributed by atoms with E-state index in [1.54, 1.807) is 41.9 Å². The van der Waals surface area contributed by atoms with Crippen LogP contribution in [0.1, 0.15) is 32.2 Å². The Morgan fingerprint density at radius 2 is 1.83 bits per heavy atom. The quantitative estimate of drug-likeness (QED) is 0.452. The van der Waals surface area contributed by atoms with Crippen LogP contribution in [-0.4, -0.2) is 48.5 Å². The Morgan fingerprint density at radius 1 is 1.03 bits per heavy atom. The molecule has 2 amide bonds. The first kappa shape index (κ1) is 17.4. The number of tetrazole rings is 1. The second-order valence-electron chi connectivity index (χ2n) is 6.41. The van der Waals surface area contributed by atoms with Crippen molar-refractivity contribution in [1.29, 1.82) is 0 Å². The number of fused-ring (bicyclic) bond motifs is 1. The zero-order chi connectivity index (χ0) is 19.8. The van der Waals surface area contributed by atoms with Crippen molar-refractivity contribution in [3.05, 3.63) is 70.7 Å². The number of thiophene rings is 1. The number of hydrogen-bond donors (Lipinski definition) is 0. The molecule has 0 N–H and O–H groups in total. The molecular weight excluding hydrogens is 392 g/mol. The first-order valence-electron chi connectivity index (χ1n) is 8.89. The van der Waals surface area contributed by atoms with E-state index in [4.69, 9.17) is 4.42 Å². The van der Waals surface area contributed by atoms with Gasteiger partial charge in [-0.3, -0.25) is 14.5 Å². The molecule has 5 rings (SSSR count). The maximum Gasteiger partial charge on any atom is 0.261 e. The molecule has 0 saturated carbocycles. The van der Waals surface area contributed by atoms with Gasteiger partial charge in [-0.15, -0.1) is 21.5 Å². The Labute approximate surface area is 168 Å². The predicted molar refractivity (Wildman–Crippen MR) is 102 cm³/mol. The monoisotopic (exact) mass is 406 g/mol. The summed E-state index contributed by atoms with van der Waals surface area (Å²) in [6, 6.07) is 10.7. The molecule has 0 saturated heterocycles. The number of rotatable bonds is 6. The molecule has 9 nitrogen and oxygen atoms in total. The van der Waals surface area contributed by atoms with Crippen molar-refractivity contribution < 1.29 is 14.0 Å². The van der Waals surface area contributed by atoms with Gasteiger partial charge in [0, 0.05) is 13.0 Å². The number of nitrogens with zero attached hydrogens (tertiary/aromatic N) is 6. The van der Waals surface area contributed by atoms with Crippen molar-refractivity contribution in [1.82, 2.24) is 30.1 Å². The fraction of sp³-hybridized carbons (Fsp3) is 0.158. The number of imide groups is 1. The van der Waals surface area contributed by atoms with Gasteiger partial charge in [0.1, 0.15) is 18.5 Å². The molecule has 0 atom stereocenters. The van der Waals surface area contributed by atoms with Gasteiger partial charge in [-0.1, -0.05) is 18.2 Å². The lowest BCUT2D eigenvalue weighted by Crippen LogP contribution is -2.32. The molecule has 1 aromatic carbocycles. The molecular formula is C19H14N6O3S. The molecule has 3 aromatic heterocycles. The molecule has 1 aliphatic heterocycles. The first-order valence-corrected chi connectivity index (χ1v) is 9.77. The fourth-order valence-electron chi connectivity index (χ4n) is 3.14. The van der Waals surface area contributed by atoms with Gasteiger partial charge in [0.05, 0.1) is 16.0 Å². The third-order valence-corrected chi connectivity index (χ3v) is 5.38. The van der Waals surface area contributed by atoms with E-state index in [-0.39, 0.29) is 18.4 Å². The lowest BCUT2D eigenvalue weighted by atomic mass is 10.1. The van der Waals surface area contributed by atoms with Gasteiger partial charge >= 0.3 is 0 Å². The summed E-state index contributed by atoms with van der Waals surface area (Å²) >= 11 is 1.55. The van der Waals surface area contributed by atoms with Crippen LogP contribution < -0.4 is 0 Å². The van der Waals surface area contributed by atoms with Gasteiger partial charge in [-0.25, -0.2) is 4.98 Å². The normalized spacial score (nSPS) is 13.3. The third-order valence-electron chi connectivity index (χ3n) is 4.52. The SMILES string of the molecule is O=C1c2ccccc2C(=O)N1CCc1nnn(Cc2coc(-c3cccs3)n2)n1. The van der Waals surface area contributed by atoms with Gasteiger partial charge in [-0.2, -0.15) is 4.80 Å². The van der Waals surface area contributed by atoms with Crippen molar-refractivity contribution in [2.24, 2.45) is 0 Å². The Hall–Kier alpha value is -3.66. The summed E-state index contributed by atoms with van der Waals surface area (Å²) in [7, 11) is 0. The Morgan fingerprint density at radius 3 is 2.55 bits per heavy atom. The smallest absolute Gasteiger partial charge is 0.261 e. The van der Waals surface area contributed by atoms with Gasteiger partial charge in [0.2, 0.25) is 5.89 Å². The number of amides is 2. The van der Waals surface area contributed by atoms with Crippen LogP contribution in [0.3, 0.4) is 0 Å². The molecule has 10 heteroatoms. The zero-order valence-corrected chi connectivity index (χ0v) is 15.9. The third kappa shape index (κ3) is 3.23. The summed E-state index contributed by atoms with van der Waals surface area (Å²) in [5, 5.41) is 14.3. The average Bonchev–Trinajstić information content (AvgIpc) is 3.52. The van der Waals surface area contributed by atoms with Gasteiger partial charge in [0.25, 0.3) is 11.8 Å². The fourth-order valence-corrected chi connectivity index (χ4v) is 3.79. The van der Waals surface area contributed by atoms with Crippen LogP contribution in [0.4, 0.5) is 0 Å². The number of hydrogen-bond acceptors (Lipinski definition) is 8. The molecule has 144 valence electrons. The highest BCUT2D eigenvalue weighted by Crippen LogP contribution is 2.24. The van der Waals surface area contributed by atoms with E-state index >= 15 is 0 Å². The lowest BCUT2D eigenvalue weighted by molar-refractivity contribution is 0.0655. The van der Waals surface area contributed by atoms with Crippen LogP contribution in [0, 0.1) is 0 Å². The second kappa shape index (κ2) is 7.06. The van der Waals surface area contributed by atoms with Crippen molar-refractivity contribution >= 4 is 23.2 Å². The largest absolute Gasteiger partial charge is 0.443 e. The minimum absolute atomic E-state index is 0.199. The Kier molecular flexibility index (Phi) is 4.24. The van der Waals surface area contributed by atoms with Crippen molar-refractivity contribution in [2.45, 2.75) is 13.0 Å². The number of carbonyl (C=O) groups excluding carboxylic acids is 2. The first-order chi connectivity index (χ1) is 14.2. The zero-order valence-electron chi connectivity index (χ0n) is 15.1. The molecule has 1 aliphatic rings. The number of benzene rings is 1. The number of aromatic nitrogens is 5. The maximum atomic E-state index is 12.4. The highest BCUT2D eigenvalue weighted by atomic mass is 32.1. The molecule has 4 aromatic rings. The van der Waals surface area contributed by atoms with E-state index in [0.29, 0.717) is 41.5 Å². The van der Waals surface area contributed by atoms with Crippen molar-refractivity contribution in [3.8, 4) is 10.8 Å². The molecule has 0 unspecified atom stereocenters. The molecule has 0 fully saturated rings. The minimum Gasteiger partial charge on any atom is -0.443 e. The Bertz CT molecular complexity index is 1160. The van der Waals surface area contributed by atoms with E-state index < -0.39 is 0 Å². The summed E-state index contributed by atoms with van der Waals surface area (Å²) in [6.07, 6.45) is 1.89. The summed E-state index contributed by atoms with van der Waals surface area (Å²) < 4.78 is 5.49. The number of carbonyl (C=O) groups is 2. The average molecular weight is 406 g/mol. The Balaban J connectivity index is 1.23. The highest BCUT2D eigenvalue weighted by molar-refractivity contribution is 7.13. The van der Waals surface area contributed by atoms with Gasteiger partial charge < -0.3 is 4.42 Å². The molecule has 0 bridgehead atoms. The van der Waals surface area contributed by atoms with Crippen molar-refractivity contribution in [2.75, 3.05) is 6.54 Å². The van der Waals surface area contributed by atoms with E-state index in [9.17, 15) is 9.59 Å². The number of oxazole rings is 1. The lowest BCUT2D eigenvalue weighted by Gasteiger charge is -2.11. The van der Waals surface area contributed by atoms with E-state index in [1.165, 1.54) is 9.70 Å². The highest BCUT2D eigenvalue weighted by Gasteiger charge is 2.34. The minimum atomic E-state index is -0.290. The van der Waals surface area contributed by atoms with Crippen molar-refractivity contribution in [3.63, 3.8) is 0 Å². The van der Waals surface area contributed by atoms with Crippen LogP contribution in [0.2, 0.25) is 0 Å². The molecule has 0 radical (unpaired) electrons. The van der Waals surface area contributed by atoms with E-state index in [2.05, 4.69) is 20.4 Å². The second-order valence-corrected chi connectivity index (χ2v) is 7.36. The summed E-state index contributed by atoms with van der Waals surface area (Å²) in [5.74, 6) is 0.424. The van der Waals surface area contributed by atoms with E-state index in [0.717, 1.165) is 4.88 Å². The maximum absolute atomic E-state index is 12.4. The van der Waals surface area contributed by atoms with E-state index in [1.807, 2.05) is 17.5 Å². The van der Waals surface area contributed by atoms with Gasteiger partial charge in [-0.05, 0) is 28.8 Å². The van der Waals surface area contributed by atoms with Gasteiger partial charge in [0.15, 0.2) is 5.82 Å². The standard InChI is InChI=1S/C19H14N6O3S/c26-18-13-4-1-2-5-14(13)19(27)24(18)8-7-16-21-23-25(22-16)10-12-11-28-17(20-12)15-6-3-9-29-15/h1-6,9,11H,7-8,10H2. The molecule has 0 spiro atoms. The van der Waals surface area contributed by atoms with Crippen LogP contribution in [0.15, 0.2) is 52.5 Å². The van der Waals surface area contributed by atoms with Crippen LogP contribution in [-0.2, 0) is 13.0 Å².